The summed E-state index contributed by atoms with van der Waals surface area (Å²) in [6.45, 7) is 0. The molecule has 386 valence electrons. The molecule has 0 fully saturated rings. The van der Waals surface area contributed by atoms with Crippen LogP contribution in [-0.4, -0.2) is 8.07 Å². The lowest BCUT2D eigenvalue weighted by Crippen LogP contribution is -2.77. The van der Waals surface area contributed by atoms with Crippen molar-refractivity contribution in [3.05, 3.63) is 328 Å². The van der Waals surface area contributed by atoms with Crippen molar-refractivity contribution in [2.75, 3.05) is 9.80 Å². The van der Waals surface area contributed by atoms with Gasteiger partial charge in [-0.1, -0.05) is 249 Å². The quantitative estimate of drug-likeness (QED) is 0.120. The summed E-state index contributed by atoms with van der Waals surface area (Å²) >= 11 is 0. The zero-order valence-electron chi connectivity index (χ0n) is 45.0. The lowest BCUT2D eigenvalue weighted by Gasteiger charge is -2.45. The summed E-state index contributed by atoms with van der Waals surface area (Å²) in [5, 5.41) is 7.62. The zero-order valence-corrected chi connectivity index (χ0v) is 46.0. The van der Waals surface area contributed by atoms with Gasteiger partial charge in [-0.3, -0.25) is 0 Å². The van der Waals surface area contributed by atoms with Gasteiger partial charge in [-0.05, 0) is 149 Å². The van der Waals surface area contributed by atoms with Gasteiger partial charge >= 0.3 is 0 Å². The van der Waals surface area contributed by atoms with Crippen LogP contribution in [0.15, 0.2) is 332 Å². The fourth-order valence-electron chi connectivity index (χ4n) is 12.6. The summed E-state index contributed by atoms with van der Waals surface area (Å²) in [5.74, 6) is 0. The molecular weight excluding hydrogens is 1010 g/mol. The summed E-state index contributed by atoms with van der Waals surface area (Å²) in [6.07, 6.45) is 0. The van der Waals surface area contributed by atoms with Gasteiger partial charge in [0.25, 0.3) is 0 Å². The number of anilines is 6. The average molecular weight is 1060 g/mol. The van der Waals surface area contributed by atoms with E-state index in [-0.39, 0.29) is 0 Å². The van der Waals surface area contributed by atoms with Crippen molar-refractivity contribution in [2.24, 2.45) is 0 Å². The van der Waals surface area contributed by atoms with Crippen LogP contribution in [0.5, 0.6) is 0 Å². The first-order chi connectivity index (χ1) is 40.6. The Balaban J connectivity index is 0.816. The fraction of sp³-hybridized carbons (Fsp3) is 0. The Morgan fingerprint density at radius 1 is 0.256 bits per heavy atom. The molecule has 0 spiro atoms. The number of hydrogen-bond acceptors (Lipinski definition) is 3. The fourth-order valence-corrected chi connectivity index (χ4v) is 17.7. The van der Waals surface area contributed by atoms with Gasteiger partial charge in [0, 0.05) is 51.0 Å². The Labute approximate surface area is 479 Å². The van der Waals surface area contributed by atoms with E-state index in [0.29, 0.717) is 0 Å². The molecule has 14 aromatic rings. The first-order valence-electron chi connectivity index (χ1n) is 28.1. The normalized spacial score (nSPS) is 12.5. The highest BCUT2D eigenvalue weighted by atomic mass is 28.3. The molecule has 1 aliphatic heterocycles. The van der Waals surface area contributed by atoms with Crippen molar-refractivity contribution >= 4 is 84.9 Å². The Kier molecular flexibility index (Phi) is 12.2. The maximum atomic E-state index is 6.98. The second kappa shape index (κ2) is 20.6. The third-order valence-electron chi connectivity index (χ3n) is 16.6. The highest BCUT2D eigenvalue weighted by Crippen LogP contribution is 2.43. The number of hydrogen-bond donors (Lipinski definition) is 0. The highest BCUT2D eigenvalue weighted by Gasteiger charge is 2.48. The molecule has 0 radical (unpaired) electrons. The summed E-state index contributed by atoms with van der Waals surface area (Å²) in [7, 11) is -2.83. The molecule has 0 saturated heterocycles. The Bertz CT molecular complexity index is 4400. The number of benzene rings is 13. The van der Waals surface area contributed by atoms with Gasteiger partial charge < -0.3 is 14.2 Å². The van der Waals surface area contributed by atoms with Crippen LogP contribution in [0, 0.1) is 0 Å². The van der Waals surface area contributed by atoms with E-state index in [1.165, 1.54) is 65.5 Å². The first kappa shape index (κ1) is 48.6. The van der Waals surface area contributed by atoms with Crippen molar-refractivity contribution in [2.45, 2.75) is 0 Å². The lowest BCUT2D eigenvalue weighted by molar-refractivity contribution is 0.669. The molecule has 0 amide bonds. The Morgan fingerprint density at radius 3 is 1.12 bits per heavy atom. The molecule has 3 nitrogen and oxygen atoms in total. The first-order valence-corrected chi connectivity index (χ1v) is 30.1. The molecule has 1 aromatic heterocycles. The lowest BCUT2D eigenvalue weighted by atomic mass is 9.99. The van der Waals surface area contributed by atoms with Crippen LogP contribution in [0.25, 0.3) is 77.6 Å². The van der Waals surface area contributed by atoms with Gasteiger partial charge in [-0.15, -0.1) is 0 Å². The van der Waals surface area contributed by atoms with Crippen molar-refractivity contribution in [1.82, 2.24) is 0 Å². The van der Waals surface area contributed by atoms with E-state index in [2.05, 4.69) is 337 Å². The monoisotopic (exact) mass is 1060 g/mol. The molecule has 0 saturated carbocycles. The number of furan rings is 1. The number of nitrogens with zero attached hydrogens (tertiary/aromatic N) is 2. The number of fused-ring (bicyclic) bond motifs is 5. The van der Waals surface area contributed by atoms with Crippen molar-refractivity contribution in [1.29, 1.82) is 0 Å². The van der Waals surface area contributed by atoms with Crippen molar-refractivity contribution in [3.8, 4) is 55.6 Å². The minimum Gasteiger partial charge on any atom is -0.456 e. The van der Waals surface area contributed by atoms with Crippen LogP contribution >= 0.6 is 0 Å². The van der Waals surface area contributed by atoms with E-state index in [9.17, 15) is 0 Å². The molecule has 13 aromatic carbocycles. The van der Waals surface area contributed by atoms with Crippen molar-refractivity contribution in [3.63, 3.8) is 0 Å². The smallest absolute Gasteiger partial charge is 0.184 e. The summed E-state index contributed by atoms with van der Waals surface area (Å²) in [5.41, 5.74) is 20.0. The maximum Gasteiger partial charge on any atom is 0.184 e. The molecule has 0 N–H and O–H groups in total. The molecule has 82 heavy (non-hydrogen) atoms. The molecule has 1 aliphatic rings. The SMILES string of the molecule is c1ccc(-c2ccc(-c3ccc(N(c4ccc(-c5ccc(-c6ccccc6)cc5)cc4)c4ccc5c(c4)oc4cc(-c6ccc7c(c6)N(c6ccccc6)c6ccccc6[Si]7(c6ccccc6)c6ccccc6)ccc45)cc3)cc2)cc1. The topological polar surface area (TPSA) is 19.6 Å². The van der Waals surface area contributed by atoms with E-state index in [1.807, 2.05) is 0 Å². The van der Waals surface area contributed by atoms with E-state index in [1.54, 1.807) is 0 Å². The van der Waals surface area contributed by atoms with Crippen LogP contribution in [0.3, 0.4) is 0 Å². The predicted octanol–water partition coefficient (Wildman–Crippen LogP) is 18.6. The molecule has 0 unspecified atom stereocenters. The predicted molar refractivity (Wildman–Crippen MR) is 347 cm³/mol. The third-order valence-corrected chi connectivity index (χ3v) is 21.4. The van der Waals surface area contributed by atoms with Gasteiger partial charge in [0.2, 0.25) is 0 Å². The highest BCUT2D eigenvalue weighted by molar-refractivity contribution is 7.21. The van der Waals surface area contributed by atoms with Gasteiger partial charge in [0.05, 0.1) is 0 Å². The molecule has 0 bridgehead atoms. The second-order valence-corrected chi connectivity index (χ2v) is 24.9. The summed E-state index contributed by atoms with van der Waals surface area (Å²) in [4.78, 5) is 4.81. The number of para-hydroxylation sites is 2. The zero-order chi connectivity index (χ0) is 54.4. The molecular formula is C78H54N2OSi. The van der Waals surface area contributed by atoms with Crippen LogP contribution in [0.2, 0.25) is 0 Å². The minimum atomic E-state index is -2.83. The number of rotatable bonds is 11. The third kappa shape index (κ3) is 8.53. The van der Waals surface area contributed by atoms with E-state index >= 15 is 0 Å². The molecule has 4 heteroatoms. The largest absolute Gasteiger partial charge is 0.456 e. The summed E-state index contributed by atoms with van der Waals surface area (Å²) < 4.78 is 6.98. The van der Waals surface area contributed by atoms with Gasteiger partial charge in [-0.2, -0.15) is 0 Å². The Morgan fingerprint density at radius 2 is 0.610 bits per heavy atom. The van der Waals surface area contributed by atoms with Crippen LogP contribution in [-0.2, 0) is 0 Å². The molecule has 0 aliphatic carbocycles. The molecule has 2 heterocycles. The Hall–Kier alpha value is -10.5. The van der Waals surface area contributed by atoms with Crippen LogP contribution in [0.1, 0.15) is 0 Å². The van der Waals surface area contributed by atoms with E-state index in [4.69, 9.17) is 4.42 Å². The van der Waals surface area contributed by atoms with Crippen molar-refractivity contribution < 1.29 is 4.42 Å². The van der Waals surface area contributed by atoms with Crippen LogP contribution in [0.4, 0.5) is 34.1 Å². The summed E-state index contributed by atoms with van der Waals surface area (Å²) in [6, 6.07) is 120. The van der Waals surface area contributed by atoms with E-state index in [0.717, 1.165) is 66.9 Å². The van der Waals surface area contributed by atoms with E-state index < -0.39 is 8.07 Å². The van der Waals surface area contributed by atoms with Gasteiger partial charge in [0.1, 0.15) is 11.2 Å². The standard InChI is InChI=1S/C78H54N2OSi/c1-6-18-55(19-7-1)57-30-34-59(35-31-57)61-38-44-66(45-39-61)79(67-46-40-62(41-47-67)60-36-32-58(33-37-60)56-20-8-2-9-21-56)68-48-50-72-71-49-42-64(53-75(71)81-76(72)54-68)63-43-51-78-74(52-63)80(65-22-10-3-11-23-65)73-28-16-17-29-77(73)82(78,69-24-12-4-13-25-69)70-26-14-5-15-27-70/h1-54H. The van der Waals surface area contributed by atoms with Gasteiger partial charge in [-0.25, -0.2) is 0 Å². The second-order valence-electron chi connectivity index (χ2n) is 21.2. The molecule has 15 rings (SSSR count). The molecule has 0 atom stereocenters. The minimum absolute atomic E-state index is 0.832. The maximum absolute atomic E-state index is 6.98. The van der Waals surface area contributed by atoms with Crippen LogP contribution < -0.4 is 30.5 Å². The van der Waals surface area contributed by atoms with Gasteiger partial charge in [0.15, 0.2) is 8.07 Å². The average Bonchev–Trinajstić information content (AvgIpc) is 1.85.